The maximum atomic E-state index is 13.2. The topological polar surface area (TPSA) is 49.7 Å². The Morgan fingerprint density at radius 1 is 1.10 bits per heavy atom. The van der Waals surface area contributed by atoms with Crippen molar-refractivity contribution in [1.29, 1.82) is 0 Å². The van der Waals surface area contributed by atoms with E-state index in [0.29, 0.717) is 11.2 Å². The third-order valence-corrected chi connectivity index (χ3v) is 3.14. The summed E-state index contributed by atoms with van der Waals surface area (Å²) < 4.78 is 18.8. The van der Waals surface area contributed by atoms with Crippen LogP contribution in [0.1, 0.15) is 16.7 Å². The van der Waals surface area contributed by atoms with Crippen molar-refractivity contribution in [3.8, 4) is 5.75 Å². The zero-order chi connectivity index (χ0) is 14.7. The molecule has 104 valence electrons. The quantitative estimate of drug-likeness (QED) is 0.834. The fourth-order valence-corrected chi connectivity index (χ4v) is 1.95. The van der Waals surface area contributed by atoms with Crippen LogP contribution in [-0.4, -0.2) is 17.2 Å². The van der Waals surface area contributed by atoms with Gasteiger partial charge in [0.2, 0.25) is 0 Å². The molecule has 0 saturated heterocycles. The lowest BCUT2D eigenvalue weighted by molar-refractivity contribution is 0.305. The Hall–Kier alpha value is -1.85. The Kier molecular flexibility index (Phi) is 4.42. The molecule has 0 aliphatic rings. The van der Waals surface area contributed by atoms with E-state index in [1.165, 1.54) is 12.1 Å². The summed E-state index contributed by atoms with van der Waals surface area (Å²) in [6, 6.07) is 9.65. The zero-order valence-corrected chi connectivity index (χ0v) is 11.4. The molecule has 0 fully saturated rings. The highest BCUT2D eigenvalue weighted by atomic mass is 19.1. The van der Waals surface area contributed by atoms with Crippen LogP contribution >= 0.6 is 0 Å². The average molecular weight is 274 g/mol. The molecule has 0 aliphatic carbocycles. The van der Waals surface area contributed by atoms with E-state index in [2.05, 4.69) is 0 Å². The minimum atomic E-state index is -1.60. The molecule has 2 rings (SSSR count). The summed E-state index contributed by atoms with van der Waals surface area (Å²) in [6.07, 6.45) is 0. The smallest absolute Gasteiger partial charge is 0.489 e. The highest BCUT2D eigenvalue weighted by Gasteiger charge is 2.17. The van der Waals surface area contributed by atoms with Gasteiger partial charge in [-0.3, -0.25) is 0 Å². The van der Waals surface area contributed by atoms with Gasteiger partial charge in [-0.1, -0.05) is 23.8 Å². The number of hydrogen-bond acceptors (Lipinski definition) is 3. The predicted molar refractivity (Wildman–Crippen MR) is 76.5 cm³/mol. The lowest BCUT2D eigenvalue weighted by Gasteiger charge is -2.13. The number of aryl methyl sites for hydroxylation is 2. The molecule has 0 aliphatic heterocycles. The number of rotatable bonds is 4. The van der Waals surface area contributed by atoms with Gasteiger partial charge in [0.05, 0.1) is 0 Å². The molecule has 2 aromatic rings. The summed E-state index contributed by atoms with van der Waals surface area (Å²) in [4.78, 5) is 0. The van der Waals surface area contributed by atoms with Crippen LogP contribution in [0.4, 0.5) is 4.39 Å². The van der Waals surface area contributed by atoms with Crippen molar-refractivity contribution in [3.05, 3.63) is 58.9 Å². The van der Waals surface area contributed by atoms with E-state index in [1.54, 1.807) is 18.2 Å². The van der Waals surface area contributed by atoms with Crippen LogP contribution in [0.2, 0.25) is 0 Å². The summed E-state index contributed by atoms with van der Waals surface area (Å²) in [6.45, 7) is 3.90. The van der Waals surface area contributed by atoms with Gasteiger partial charge in [-0.25, -0.2) is 4.39 Å². The standard InChI is InChI=1S/C15H16BFO3/c1-10-3-6-15(14(7-10)16(18)19)20-9-12-8-13(17)5-4-11(12)2/h3-8,18-19H,9H2,1-2H3. The van der Waals surface area contributed by atoms with Crippen LogP contribution in [0.3, 0.4) is 0 Å². The molecule has 3 nitrogen and oxygen atoms in total. The van der Waals surface area contributed by atoms with Crippen molar-refractivity contribution >= 4 is 12.6 Å². The van der Waals surface area contributed by atoms with Gasteiger partial charge < -0.3 is 14.8 Å². The van der Waals surface area contributed by atoms with Crippen LogP contribution in [0.5, 0.6) is 5.75 Å². The fraction of sp³-hybridized carbons (Fsp3) is 0.200. The van der Waals surface area contributed by atoms with Crippen molar-refractivity contribution in [1.82, 2.24) is 0 Å². The zero-order valence-electron chi connectivity index (χ0n) is 11.4. The number of halogens is 1. The minimum Gasteiger partial charge on any atom is -0.489 e. The molecule has 20 heavy (non-hydrogen) atoms. The second-order valence-corrected chi connectivity index (χ2v) is 4.77. The molecule has 2 aromatic carbocycles. The molecular formula is C15H16BFO3. The van der Waals surface area contributed by atoms with Crippen molar-refractivity contribution < 1.29 is 19.2 Å². The average Bonchev–Trinajstić information content (AvgIpc) is 2.40. The molecular weight excluding hydrogens is 258 g/mol. The van der Waals surface area contributed by atoms with E-state index in [0.717, 1.165) is 16.7 Å². The van der Waals surface area contributed by atoms with E-state index >= 15 is 0 Å². The molecule has 0 bridgehead atoms. The minimum absolute atomic E-state index is 0.173. The molecule has 0 atom stereocenters. The van der Waals surface area contributed by atoms with Gasteiger partial charge in [0.1, 0.15) is 18.2 Å². The SMILES string of the molecule is Cc1ccc(OCc2cc(F)ccc2C)c(B(O)O)c1. The van der Waals surface area contributed by atoms with Crippen LogP contribution in [0, 0.1) is 19.7 Å². The van der Waals surface area contributed by atoms with Gasteiger partial charge >= 0.3 is 7.12 Å². The highest BCUT2D eigenvalue weighted by molar-refractivity contribution is 6.59. The first-order chi connectivity index (χ1) is 9.47. The fourth-order valence-electron chi connectivity index (χ4n) is 1.95. The summed E-state index contributed by atoms with van der Waals surface area (Å²) >= 11 is 0. The molecule has 0 unspecified atom stereocenters. The van der Waals surface area contributed by atoms with Gasteiger partial charge in [-0.05, 0) is 43.2 Å². The summed E-state index contributed by atoms with van der Waals surface area (Å²) in [5, 5.41) is 18.7. The van der Waals surface area contributed by atoms with E-state index in [9.17, 15) is 14.4 Å². The monoisotopic (exact) mass is 274 g/mol. The second-order valence-electron chi connectivity index (χ2n) is 4.77. The first kappa shape index (κ1) is 14.6. The Bertz CT molecular complexity index is 614. The highest BCUT2D eigenvalue weighted by Crippen LogP contribution is 2.15. The Labute approximate surface area is 117 Å². The lowest BCUT2D eigenvalue weighted by atomic mass is 9.79. The van der Waals surface area contributed by atoms with Gasteiger partial charge in [0.25, 0.3) is 0 Å². The largest absolute Gasteiger partial charge is 0.492 e. The molecule has 5 heteroatoms. The molecule has 0 spiro atoms. The third kappa shape index (κ3) is 3.38. The van der Waals surface area contributed by atoms with Crippen LogP contribution < -0.4 is 10.2 Å². The summed E-state index contributed by atoms with van der Waals surface area (Å²) in [5.41, 5.74) is 2.86. The van der Waals surface area contributed by atoms with E-state index < -0.39 is 7.12 Å². The number of benzene rings is 2. The Morgan fingerprint density at radius 3 is 2.55 bits per heavy atom. The molecule has 0 heterocycles. The Morgan fingerprint density at radius 2 is 1.85 bits per heavy atom. The first-order valence-electron chi connectivity index (χ1n) is 6.32. The van der Waals surface area contributed by atoms with Gasteiger partial charge in [-0.15, -0.1) is 0 Å². The van der Waals surface area contributed by atoms with E-state index in [4.69, 9.17) is 4.74 Å². The lowest BCUT2D eigenvalue weighted by Crippen LogP contribution is -2.31. The van der Waals surface area contributed by atoms with Crippen LogP contribution in [0.15, 0.2) is 36.4 Å². The van der Waals surface area contributed by atoms with E-state index in [1.807, 2.05) is 19.9 Å². The molecule has 0 radical (unpaired) electrons. The van der Waals surface area contributed by atoms with Crippen molar-refractivity contribution in [2.45, 2.75) is 20.5 Å². The normalized spacial score (nSPS) is 10.4. The predicted octanol–water partition coefficient (Wildman–Crippen LogP) is 1.70. The van der Waals surface area contributed by atoms with Gasteiger partial charge in [0.15, 0.2) is 0 Å². The molecule has 0 saturated carbocycles. The maximum absolute atomic E-state index is 13.2. The first-order valence-corrected chi connectivity index (χ1v) is 6.32. The second kappa shape index (κ2) is 6.07. The van der Waals surface area contributed by atoms with Crippen molar-refractivity contribution in [3.63, 3.8) is 0 Å². The third-order valence-electron chi connectivity index (χ3n) is 3.14. The summed E-state index contributed by atoms with van der Waals surface area (Å²) in [5.74, 6) is 0.0646. The van der Waals surface area contributed by atoms with Gasteiger partial charge in [-0.2, -0.15) is 0 Å². The van der Waals surface area contributed by atoms with Crippen molar-refractivity contribution in [2.75, 3.05) is 0 Å². The molecule has 0 amide bonds. The maximum Gasteiger partial charge on any atom is 0.492 e. The molecule has 0 aromatic heterocycles. The van der Waals surface area contributed by atoms with Crippen molar-refractivity contribution in [2.24, 2.45) is 0 Å². The number of ether oxygens (including phenoxy) is 1. The summed E-state index contributed by atoms with van der Waals surface area (Å²) in [7, 11) is -1.60. The van der Waals surface area contributed by atoms with Gasteiger partial charge in [0, 0.05) is 5.46 Å². The Balaban J connectivity index is 2.20. The number of hydrogen-bond donors (Lipinski definition) is 2. The van der Waals surface area contributed by atoms with Crippen LogP contribution in [0.25, 0.3) is 0 Å². The van der Waals surface area contributed by atoms with E-state index in [-0.39, 0.29) is 12.4 Å². The van der Waals surface area contributed by atoms with Crippen LogP contribution in [-0.2, 0) is 6.61 Å². The molecule has 2 N–H and O–H groups in total.